The third-order valence-corrected chi connectivity index (χ3v) is 4.94. The van der Waals surface area contributed by atoms with Gasteiger partial charge in [0.25, 0.3) is 0 Å². The molecule has 1 fully saturated rings. The Balaban J connectivity index is 1.45. The third kappa shape index (κ3) is 5.76. The van der Waals surface area contributed by atoms with Crippen molar-refractivity contribution in [3.8, 4) is 0 Å². The molecule has 0 bridgehead atoms. The van der Waals surface area contributed by atoms with Crippen LogP contribution in [0.4, 0.5) is 5.69 Å². The summed E-state index contributed by atoms with van der Waals surface area (Å²) in [6.45, 7) is 10.9. The van der Waals surface area contributed by atoms with Crippen LogP contribution < -0.4 is 15.5 Å². The second-order valence-corrected chi connectivity index (χ2v) is 6.86. The molecule has 2 N–H and O–H groups in total. The molecule has 1 aliphatic heterocycles. The van der Waals surface area contributed by atoms with E-state index in [2.05, 4.69) is 69.6 Å². The lowest BCUT2D eigenvalue weighted by Gasteiger charge is -2.39. The van der Waals surface area contributed by atoms with E-state index < -0.39 is 0 Å². The minimum absolute atomic E-state index is 0.454. The number of para-hydroxylation sites is 1. The summed E-state index contributed by atoms with van der Waals surface area (Å²) in [4.78, 5) is 9.61. The van der Waals surface area contributed by atoms with Gasteiger partial charge < -0.3 is 20.0 Å². The highest BCUT2D eigenvalue weighted by atomic mass is 16.3. The topological polar surface area (TPSA) is 56.0 Å². The fraction of sp³-hybridized carbons (Fsp3) is 0.476. The molecule has 0 amide bonds. The van der Waals surface area contributed by atoms with Gasteiger partial charge in [-0.2, -0.15) is 0 Å². The smallest absolute Gasteiger partial charge is 0.191 e. The highest BCUT2D eigenvalue weighted by molar-refractivity contribution is 5.79. The van der Waals surface area contributed by atoms with Crippen molar-refractivity contribution in [1.82, 2.24) is 15.5 Å². The van der Waals surface area contributed by atoms with Crippen molar-refractivity contribution in [3.63, 3.8) is 0 Å². The fourth-order valence-corrected chi connectivity index (χ4v) is 3.33. The van der Waals surface area contributed by atoms with Crippen molar-refractivity contribution in [2.24, 2.45) is 4.99 Å². The summed E-state index contributed by atoms with van der Waals surface area (Å²) >= 11 is 0. The minimum atomic E-state index is 0.454. The number of benzene rings is 1. The second-order valence-electron chi connectivity index (χ2n) is 6.86. The van der Waals surface area contributed by atoms with Crippen LogP contribution in [0.1, 0.15) is 19.6 Å². The van der Waals surface area contributed by atoms with E-state index >= 15 is 0 Å². The number of rotatable bonds is 7. The van der Waals surface area contributed by atoms with Crippen molar-refractivity contribution in [3.05, 3.63) is 54.5 Å². The number of furan rings is 1. The van der Waals surface area contributed by atoms with Gasteiger partial charge >= 0.3 is 0 Å². The molecule has 1 saturated heterocycles. The molecule has 3 rings (SSSR count). The van der Waals surface area contributed by atoms with Crippen LogP contribution in [-0.2, 0) is 6.54 Å². The van der Waals surface area contributed by atoms with Crippen molar-refractivity contribution in [1.29, 1.82) is 0 Å². The number of aliphatic imine (C=N–C) groups is 1. The van der Waals surface area contributed by atoms with Gasteiger partial charge in [-0.3, -0.25) is 4.90 Å². The van der Waals surface area contributed by atoms with E-state index in [9.17, 15) is 0 Å². The maximum atomic E-state index is 5.35. The van der Waals surface area contributed by atoms with Crippen LogP contribution in [0.25, 0.3) is 0 Å². The number of anilines is 1. The average molecular weight is 370 g/mol. The molecule has 1 aromatic heterocycles. The summed E-state index contributed by atoms with van der Waals surface area (Å²) < 4.78 is 5.35. The molecule has 6 heteroatoms. The first-order valence-corrected chi connectivity index (χ1v) is 9.85. The van der Waals surface area contributed by atoms with Gasteiger partial charge in [0, 0.05) is 51.0 Å². The molecule has 2 aromatic rings. The van der Waals surface area contributed by atoms with E-state index in [0.717, 1.165) is 51.0 Å². The van der Waals surface area contributed by atoms with E-state index in [4.69, 9.17) is 4.42 Å². The fourth-order valence-electron chi connectivity index (χ4n) is 3.33. The van der Waals surface area contributed by atoms with Gasteiger partial charge in [0.1, 0.15) is 12.3 Å². The summed E-state index contributed by atoms with van der Waals surface area (Å²) in [5.74, 6) is 1.71. The van der Waals surface area contributed by atoms with Gasteiger partial charge in [-0.15, -0.1) is 0 Å². The third-order valence-electron chi connectivity index (χ3n) is 4.94. The predicted octanol–water partition coefficient (Wildman–Crippen LogP) is 2.55. The van der Waals surface area contributed by atoms with Crippen molar-refractivity contribution < 1.29 is 4.42 Å². The quantitative estimate of drug-likeness (QED) is 0.580. The average Bonchev–Trinajstić information content (AvgIpc) is 3.24. The normalized spacial score (nSPS) is 17.0. The van der Waals surface area contributed by atoms with Gasteiger partial charge in [0.05, 0.1) is 6.26 Å². The molecule has 146 valence electrons. The molecule has 0 radical (unpaired) electrons. The van der Waals surface area contributed by atoms with Gasteiger partial charge in [0.15, 0.2) is 5.96 Å². The Morgan fingerprint density at radius 1 is 1.07 bits per heavy atom. The van der Waals surface area contributed by atoms with Crippen molar-refractivity contribution in [2.75, 3.05) is 44.2 Å². The number of nitrogens with one attached hydrogen (secondary N) is 2. The van der Waals surface area contributed by atoms with Crippen LogP contribution in [0.3, 0.4) is 0 Å². The molecule has 1 unspecified atom stereocenters. The Labute approximate surface area is 162 Å². The van der Waals surface area contributed by atoms with Gasteiger partial charge in [-0.05, 0) is 38.1 Å². The Hall–Kier alpha value is -2.47. The first kappa shape index (κ1) is 19.3. The molecule has 1 aliphatic rings. The lowest BCUT2D eigenvalue weighted by atomic mass is 10.2. The largest absolute Gasteiger partial charge is 0.467 e. The zero-order valence-corrected chi connectivity index (χ0v) is 16.4. The maximum Gasteiger partial charge on any atom is 0.191 e. The Morgan fingerprint density at radius 2 is 1.85 bits per heavy atom. The van der Waals surface area contributed by atoms with Crippen LogP contribution in [-0.4, -0.2) is 56.2 Å². The molecule has 6 nitrogen and oxygen atoms in total. The summed E-state index contributed by atoms with van der Waals surface area (Å²) in [5.41, 5.74) is 1.32. The van der Waals surface area contributed by atoms with Gasteiger partial charge in [0.2, 0.25) is 0 Å². The van der Waals surface area contributed by atoms with E-state index in [-0.39, 0.29) is 0 Å². The van der Waals surface area contributed by atoms with Crippen molar-refractivity contribution in [2.45, 2.75) is 26.4 Å². The molecule has 27 heavy (non-hydrogen) atoms. The predicted molar refractivity (Wildman–Crippen MR) is 111 cm³/mol. The number of nitrogens with zero attached hydrogens (tertiary/aromatic N) is 3. The molecule has 0 aliphatic carbocycles. The summed E-state index contributed by atoms with van der Waals surface area (Å²) in [6.07, 6.45) is 1.68. The van der Waals surface area contributed by atoms with E-state index in [1.54, 1.807) is 6.26 Å². The van der Waals surface area contributed by atoms with Crippen LogP contribution >= 0.6 is 0 Å². The molecule has 2 heterocycles. The van der Waals surface area contributed by atoms with E-state index in [1.165, 1.54) is 5.69 Å². The monoisotopic (exact) mass is 369 g/mol. The van der Waals surface area contributed by atoms with Crippen LogP contribution in [0, 0.1) is 0 Å². The maximum absolute atomic E-state index is 5.35. The first-order chi connectivity index (χ1) is 13.3. The second kappa shape index (κ2) is 10.0. The Bertz CT molecular complexity index is 678. The highest BCUT2D eigenvalue weighted by Gasteiger charge is 2.21. The molecule has 1 atom stereocenters. The number of piperazine rings is 1. The number of hydrogen-bond acceptors (Lipinski definition) is 4. The Morgan fingerprint density at radius 3 is 2.52 bits per heavy atom. The molecule has 1 aromatic carbocycles. The van der Waals surface area contributed by atoms with Crippen molar-refractivity contribution >= 4 is 11.6 Å². The number of hydrogen-bond donors (Lipinski definition) is 2. The molecule has 0 spiro atoms. The van der Waals surface area contributed by atoms with Gasteiger partial charge in [-0.1, -0.05) is 18.2 Å². The molecule has 0 saturated carbocycles. The summed E-state index contributed by atoms with van der Waals surface area (Å²) in [7, 11) is 0. The lowest BCUT2D eigenvalue weighted by Crippen LogP contribution is -2.53. The molecular weight excluding hydrogens is 338 g/mol. The lowest BCUT2D eigenvalue weighted by molar-refractivity contribution is 0.197. The minimum Gasteiger partial charge on any atom is -0.467 e. The zero-order valence-electron chi connectivity index (χ0n) is 16.4. The summed E-state index contributed by atoms with van der Waals surface area (Å²) in [5, 5.41) is 6.77. The SMILES string of the molecule is CCNC(=NCc1ccco1)NCC(C)N1CCN(c2ccccc2)CC1. The number of guanidine groups is 1. The molecular formula is C21H31N5O. The van der Waals surface area contributed by atoms with E-state index in [0.29, 0.717) is 12.6 Å². The van der Waals surface area contributed by atoms with E-state index in [1.807, 2.05) is 12.1 Å². The first-order valence-electron chi connectivity index (χ1n) is 9.85. The Kier molecular flexibility index (Phi) is 7.16. The van der Waals surface area contributed by atoms with Gasteiger partial charge in [-0.25, -0.2) is 4.99 Å². The van der Waals surface area contributed by atoms with Crippen LogP contribution in [0.2, 0.25) is 0 Å². The zero-order chi connectivity index (χ0) is 18.9. The van der Waals surface area contributed by atoms with Crippen LogP contribution in [0.5, 0.6) is 0 Å². The van der Waals surface area contributed by atoms with Crippen LogP contribution in [0.15, 0.2) is 58.1 Å². The standard InChI is InChI=1S/C21H31N5O/c1-3-22-21(24-17-20-10-7-15-27-20)23-16-18(2)25-11-13-26(14-12-25)19-8-5-4-6-9-19/h4-10,15,18H,3,11-14,16-17H2,1-2H3,(H2,22,23,24). The highest BCUT2D eigenvalue weighted by Crippen LogP contribution is 2.16. The summed E-state index contributed by atoms with van der Waals surface area (Å²) in [6, 6.07) is 15.0.